The number of allylic oxidation sites excluding steroid dienone is 4. The van der Waals surface area contributed by atoms with Gasteiger partial charge in [-0.25, -0.2) is 0 Å². The molecule has 8 atom stereocenters. The highest BCUT2D eigenvalue weighted by molar-refractivity contribution is 6.01. The van der Waals surface area contributed by atoms with Crippen LogP contribution in [-0.2, 0) is 19.1 Å². The molecule has 0 aromatic carbocycles. The lowest BCUT2D eigenvalue weighted by atomic mass is 9.44. The molecule has 3 saturated carbocycles. The molecular formula is C24H32O6. The summed E-state index contributed by atoms with van der Waals surface area (Å²) >= 11 is 0. The van der Waals surface area contributed by atoms with Crippen molar-refractivity contribution in [2.24, 2.45) is 34.5 Å². The Kier molecular flexibility index (Phi) is 4.90. The molecule has 164 valence electrons. The third-order valence-corrected chi connectivity index (χ3v) is 8.85. The van der Waals surface area contributed by atoms with Crippen molar-refractivity contribution in [3.63, 3.8) is 0 Å². The Hall–Kier alpha value is -1.79. The fourth-order valence-corrected chi connectivity index (χ4v) is 7.79. The molecule has 0 heterocycles. The molecule has 6 heteroatoms. The van der Waals surface area contributed by atoms with Gasteiger partial charge in [0.1, 0.15) is 6.61 Å². The molecule has 4 rings (SSSR count). The molecule has 3 fully saturated rings. The molecule has 0 saturated heterocycles. The number of aliphatic hydroxyl groups excluding tert-OH is 2. The van der Waals surface area contributed by atoms with Gasteiger partial charge in [0, 0.05) is 23.7 Å². The highest BCUT2D eigenvalue weighted by Gasteiger charge is 2.70. The van der Waals surface area contributed by atoms with Crippen LogP contribution in [0.1, 0.15) is 53.4 Å². The lowest BCUT2D eigenvalue weighted by Gasteiger charge is -2.61. The van der Waals surface area contributed by atoms with Gasteiger partial charge in [0.05, 0.1) is 6.10 Å². The average molecular weight is 417 g/mol. The predicted octanol–water partition coefficient (Wildman–Crippen LogP) is 2.37. The first-order valence-electron chi connectivity index (χ1n) is 11.0. The number of hydrogen-bond acceptors (Lipinski definition) is 6. The summed E-state index contributed by atoms with van der Waals surface area (Å²) < 4.78 is 5.70. The first kappa shape index (κ1) is 21.4. The number of carbonyl (C=O) groups is 3. The topological polar surface area (TPSA) is 101 Å². The molecule has 6 nitrogen and oxygen atoms in total. The lowest BCUT2D eigenvalue weighted by molar-refractivity contribution is -0.199. The van der Waals surface area contributed by atoms with Crippen LogP contribution in [0, 0.1) is 34.5 Å². The molecule has 0 bridgehead atoms. The number of fused-ring (bicyclic) bond motifs is 5. The second-order valence-corrected chi connectivity index (χ2v) is 10.3. The Morgan fingerprint density at radius 2 is 2.00 bits per heavy atom. The van der Waals surface area contributed by atoms with Crippen LogP contribution >= 0.6 is 0 Å². The van der Waals surface area contributed by atoms with Crippen molar-refractivity contribution >= 4 is 17.5 Å². The largest absolute Gasteiger partial charge is 0.451 e. The highest BCUT2D eigenvalue weighted by atomic mass is 16.6. The van der Waals surface area contributed by atoms with Gasteiger partial charge in [-0.1, -0.05) is 32.4 Å². The Balaban J connectivity index is 1.80. The van der Waals surface area contributed by atoms with Crippen LogP contribution in [0.25, 0.3) is 0 Å². The Morgan fingerprint density at radius 3 is 2.63 bits per heavy atom. The third-order valence-electron chi connectivity index (χ3n) is 8.85. The van der Waals surface area contributed by atoms with E-state index in [-0.39, 0.29) is 29.5 Å². The van der Waals surface area contributed by atoms with E-state index in [9.17, 15) is 24.6 Å². The average Bonchev–Trinajstić information content (AvgIpc) is 2.94. The normalized spacial score (nSPS) is 47.1. The van der Waals surface area contributed by atoms with Crippen molar-refractivity contribution in [1.82, 2.24) is 0 Å². The van der Waals surface area contributed by atoms with E-state index in [0.717, 1.165) is 12.0 Å². The standard InChI is InChI=1S/C24H32O6/c1-13-9-16-17-6-8-24(20(29)12-25,30-14(2)26)23(17,4)11-19(28)21(16)22(3)7-5-15(27)10-18(13)22/h5,7,10,13,16-17,19,21,25,28H,6,8-9,11-12H2,1-4H3/t13-,16-,17-,19-,21+,22-,23-,24-/m0/s1. The van der Waals surface area contributed by atoms with Gasteiger partial charge in [0.15, 0.2) is 11.4 Å². The summed E-state index contributed by atoms with van der Waals surface area (Å²) in [5, 5.41) is 21.1. The maximum absolute atomic E-state index is 12.9. The van der Waals surface area contributed by atoms with E-state index in [4.69, 9.17) is 4.74 Å². The van der Waals surface area contributed by atoms with E-state index in [1.807, 2.05) is 13.0 Å². The fraction of sp³-hybridized carbons (Fsp3) is 0.708. The summed E-state index contributed by atoms with van der Waals surface area (Å²) in [5.41, 5.74) is -1.48. The third kappa shape index (κ3) is 2.65. The molecule has 0 spiro atoms. The summed E-state index contributed by atoms with van der Waals surface area (Å²) in [6.07, 6.45) is 6.77. The zero-order valence-electron chi connectivity index (χ0n) is 18.2. The van der Waals surface area contributed by atoms with Gasteiger partial charge in [-0.2, -0.15) is 0 Å². The van der Waals surface area contributed by atoms with Crippen LogP contribution in [0.15, 0.2) is 23.8 Å². The SMILES string of the molecule is CC(=O)O[C@]1(C(=O)CO)CC[C@H]2[C@@H]3C[C@H](C)C4=CC(=O)C=C[C@]4(C)[C@H]3[C@@H](O)C[C@@]21C. The maximum Gasteiger partial charge on any atom is 0.303 e. The number of aliphatic hydroxyl groups is 2. The van der Waals surface area contributed by atoms with Crippen molar-refractivity contribution in [2.45, 2.75) is 65.1 Å². The maximum atomic E-state index is 12.9. The number of Topliss-reactive ketones (excluding diaryl/α,β-unsaturated/α-hetero) is 1. The summed E-state index contributed by atoms with van der Waals surface area (Å²) in [6, 6.07) is 0. The van der Waals surface area contributed by atoms with Crippen LogP contribution in [-0.4, -0.2) is 46.1 Å². The van der Waals surface area contributed by atoms with Gasteiger partial charge in [-0.05, 0) is 55.6 Å². The van der Waals surface area contributed by atoms with Crippen LogP contribution in [0.5, 0.6) is 0 Å². The van der Waals surface area contributed by atoms with Gasteiger partial charge in [-0.15, -0.1) is 0 Å². The van der Waals surface area contributed by atoms with Crippen LogP contribution in [0.2, 0.25) is 0 Å². The molecule has 4 aliphatic carbocycles. The lowest BCUT2D eigenvalue weighted by Crippen LogP contribution is -2.63. The van der Waals surface area contributed by atoms with E-state index >= 15 is 0 Å². The van der Waals surface area contributed by atoms with Gasteiger partial charge in [0.2, 0.25) is 5.78 Å². The van der Waals surface area contributed by atoms with Crippen molar-refractivity contribution in [3.8, 4) is 0 Å². The van der Waals surface area contributed by atoms with Crippen molar-refractivity contribution in [2.75, 3.05) is 6.61 Å². The summed E-state index contributed by atoms with van der Waals surface area (Å²) in [5.74, 6) is -0.724. The van der Waals surface area contributed by atoms with E-state index in [1.165, 1.54) is 6.92 Å². The Bertz CT molecular complexity index is 858. The van der Waals surface area contributed by atoms with Crippen LogP contribution < -0.4 is 0 Å². The van der Waals surface area contributed by atoms with E-state index in [0.29, 0.717) is 19.3 Å². The molecule has 0 aromatic heterocycles. The molecular weight excluding hydrogens is 384 g/mol. The Labute approximate surface area is 177 Å². The molecule has 4 aliphatic rings. The molecule has 30 heavy (non-hydrogen) atoms. The van der Waals surface area contributed by atoms with Gasteiger partial charge < -0.3 is 14.9 Å². The van der Waals surface area contributed by atoms with Gasteiger partial charge in [-0.3, -0.25) is 14.4 Å². The molecule has 0 unspecified atom stereocenters. The van der Waals surface area contributed by atoms with E-state index in [2.05, 4.69) is 13.8 Å². The summed E-state index contributed by atoms with van der Waals surface area (Å²) in [6.45, 7) is 6.77. The first-order valence-corrected chi connectivity index (χ1v) is 11.0. The molecule has 0 amide bonds. The second-order valence-electron chi connectivity index (χ2n) is 10.3. The van der Waals surface area contributed by atoms with Crippen LogP contribution in [0.3, 0.4) is 0 Å². The zero-order valence-corrected chi connectivity index (χ0v) is 18.2. The number of ketones is 2. The van der Waals surface area contributed by atoms with Gasteiger partial charge in [0.25, 0.3) is 0 Å². The monoisotopic (exact) mass is 416 g/mol. The van der Waals surface area contributed by atoms with Crippen molar-refractivity contribution in [1.29, 1.82) is 0 Å². The predicted molar refractivity (Wildman–Crippen MR) is 109 cm³/mol. The van der Waals surface area contributed by atoms with Crippen molar-refractivity contribution in [3.05, 3.63) is 23.8 Å². The van der Waals surface area contributed by atoms with Crippen LogP contribution in [0.4, 0.5) is 0 Å². The fourth-order valence-electron chi connectivity index (χ4n) is 7.79. The quantitative estimate of drug-likeness (QED) is 0.685. The number of rotatable bonds is 3. The first-order chi connectivity index (χ1) is 14.0. The minimum Gasteiger partial charge on any atom is -0.451 e. The number of esters is 1. The molecule has 2 N–H and O–H groups in total. The van der Waals surface area contributed by atoms with Gasteiger partial charge >= 0.3 is 5.97 Å². The zero-order chi connectivity index (χ0) is 22.1. The highest BCUT2D eigenvalue weighted by Crippen LogP contribution is 2.68. The smallest absolute Gasteiger partial charge is 0.303 e. The molecule has 0 radical (unpaired) electrons. The summed E-state index contributed by atoms with van der Waals surface area (Å²) in [4.78, 5) is 36.9. The van der Waals surface area contributed by atoms with E-state index < -0.39 is 40.9 Å². The Morgan fingerprint density at radius 1 is 1.30 bits per heavy atom. The minimum atomic E-state index is -1.40. The number of hydrogen-bond donors (Lipinski definition) is 2. The second kappa shape index (κ2) is 6.86. The van der Waals surface area contributed by atoms with E-state index in [1.54, 1.807) is 12.2 Å². The number of ether oxygens (including phenoxy) is 1. The molecule has 0 aliphatic heterocycles. The van der Waals surface area contributed by atoms with Crippen molar-refractivity contribution < 1.29 is 29.3 Å². The number of carbonyl (C=O) groups excluding carboxylic acids is 3. The molecule has 0 aromatic rings. The summed E-state index contributed by atoms with van der Waals surface area (Å²) in [7, 11) is 0. The minimum absolute atomic E-state index is 0.00815.